The molecule has 3 amide bonds. The summed E-state index contributed by atoms with van der Waals surface area (Å²) < 4.78 is 18.3. The maximum atomic E-state index is 12.9. The van der Waals surface area contributed by atoms with Crippen LogP contribution < -0.4 is 20.5 Å². The molecule has 1 aliphatic heterocycles. The van der Waals surface area contributed by atoms with Crippen LogP contribution in [-0.4, -0.2) is 30.4 Å². The molecule has 146 valence electrons. The number of amides is 3. The molecule has 2 N–H and O–H groups in total. The lowest BCUT2D eigenvalue weighted by Gasteiger charge is -2.20. The third kappa shape index (κ3) is 4.46. The minimum atomic E-state index is -0.916. The van der Waals surface area contributed by atoms with Crippen molar-refractivity contribution in [3.63, 3.8) is 0 Å². The largest absolute Gasteiger partial charge is 0.481 e. The number of nitrogens with one attached hydrogen (secondary N) is 2. The summed E-state index contributed by atoms with van der Waals surface area (Å²) in [4.78, 5) is 38.2. The molecule has 8 heteroatoms. The van der Waals surface area contributed by atoms with Gasteiger partial charge in [-0.3, -0.25) is 25.2 Å². The van der Waals surface area contributed by atoms with Crippen LogP contribution in [0.2, 0.25) is 0 Å². The Kier molecular flexibility index (Phi) is 5.88. The van der Waals surface area contributed by atoms with Gasteiger partial charge in [-0.25, -0.2) is 4.39 Å². The first kappa shape index (κ1) is 19.3. The topological polar surface area (TPSA) is 87.7 Å². The van der Waals surface area contributed by atoms with Crippen LogP contribution >= 0.6 is 0 Å². The van der Waals surface area contributed by atoms with E-state index >= 15 is 0 Å². The number of nitrogens with zero attached hydrogens (tertiary/aromatic N) is 1. The minimum absolute atomic E-state index is 0.0365. The summed E-state index contributed by atoms with van der Waals surface area (Å²) >= 11 is 0. The van der Waals surface area contributed by atoms with Gasteiger partial charge in [0.2, 0.25) is 5.91 Å². The Labute approximate surface area is 161 Å². The summed E-state index contributed by atoms with van der Waals surface area (Å²) in [5.41, 5.74) is 5.43. The average Bonchev–Trinajstić information content (AvgIpc) is 3.13. The van der Waals surface area contributed by atoms with E-state index in [1.807, 2.05) is 0 Å². The van der Waals surface area contributed by atoms with Crippen molar-refractivity contribution in [2.45, 2.75) is 25.9 Å². The van der Waals surface area contributed by atoms with Gasteiger partial charge in [-0.2, -0.15) is 0 Å². The quantitative estimate of drug-likeness (QED) is 0.773. The molecule has 0 bridgehead atoms. The van der Waals surface area contributed by atoms with Crippen molar-refractivity contribution in [3.8, 4) is 5.75 Å². The number of para-hydroxylation sites is 1. The second-order valence-corrected chi connectivity index (χ2v) is 6.32. The van der Waals surface area contributed by atoms with Gasteiger partial charge >= 0.3 is 0 Å². The first-order chi connectivity index (χ1) is 13.5. The van der Waals surface area contributed by atoms with Gasteiger partial charge in [0.05, 0.1) is 11.3 Å². The second kappa shape index (κ2) is 8.51. The van der Waals surface area contributed by atoms with E-state index in [0.29, 0.717) is 24.4 Å². The number of hydrogen-bond acceptors (Lipinski definition) is 4. The number of ether oxygens (including phenoxy) is 1. The summed E-state index contributed by atoms with van der Waals surface area (Å²) in [6, 6.07) is 12.0. The van der Waals surface area contributed by atoms with Crippen LogP contribution in [0.4, 0.5) is 10.1 Å². The molecule has 1 saturated heterocycles. The van der Waals surface area contributed by atoms with Gasteiger partial charge in [-0.05, 0) is 49.7 Å². The molecule has 28 heavy (non-hydrogen) atoms. The summed E-state index contributed by atoms with van der Waals surface area (Å²) in [6.07, 6.45) is 0.274. The van der Waals surface area contributed by atoms with Crippen molar-refractivity contribution in [2.75, 3.05) is 11.4 Å². The Hall–Kier alpha value is -3.42. The fourth-order valence-corrected chi connectivity index (χ4v) is 2.86. The van der Waals surface area contributed by atoms with Crippen molar-refractivity contribution < 1.29 is 23.5 Å². The number of benzene rings is 2. The zero-order chi connectivity index (χ0) is 20.1. The van der Waals surface area contributed by atoms with Gasteiger partial charge in [0.1, 0.15) is 11.6 Å². The number of hydrogen-bond donors (Lipinski definition) is 2. The number of rotatable bonds is 5. The monoisotopic (exact) mass is 385 g/mol. The third-order valence-corrected chi connectivity index (χ3v) is 4.31. The fraction of sp³-hybridized carbons (Fsp3) is 0.250. The van der Waals surface area contributed by atoms with Crippen LogP contribution in [0.3, 0.4) is 0 Å². The zero-order valence-corrected chi connectivity index (χ0v) is 15.3. The molecule has 7 nitrogen and oxygen atoms in total. The molecule has 1 atom stereocenters. The number of hydrazine groups is 1. The van der Waals surface area contributed by atoms with E-state index in [0.717, 1.165) is 6.42 Å². The Balaban J connectivity index is 1.60. The highest BCUT2D eigenvalue weighted by Gasteiger charge is 2.26. The first-order valence-corrected chi connectivity index (χ1v) is 8.87. The normalized spacial score (nSPS) is 14.5. The number of halogens is 1. The molecular formula is C20H20FN3O4. The Morgan fingerprint density at radius 1 is 1.11 bits per heavy atom. The third-order valence-electron chi connectivity index (χ3n) is 4.31. The molecule has 1 fully saturated rings. The van der Waals surface area contributed by atoms with Crippen LogP contribution in [0.1, 0.15) is 30.1 Å². The predicted molar refractivity (Wildman–Crippen MR) is 100 cm³/mol. The second-order valence-electron chi connectivity index (χ2n) is 6.32. The summed E-state index contributed by atoms with van der Waals surface area (Å²) in [6.45, 7) is 2.06. The van der Waals surface area contributed by atoms with Crippen molar-refractivity contribution in [2.24, 2.45) is 0 Å². The summed E-state index contributed by atoms with van der Waals surface area (Å²) in [7, 11) is 0. The molecule has 0 saturated carbocycles. The lowest BCUT2D eigenvalue weighted by Crippen LogP contribution is -2.47. The molecule has 0 radical (unpaired) electrons. The van der Waals surface area contributed by atoms with E-state index in [2.05, 4.69) is 10.9 Å². The van der Waals surface area contributed by atoms with E-state index < -0.39 is 23.7 Å². The number of carbonyl (C=O) groups is 3. The van der Waals surface area contributed by atoms with Gasteiger partial charge in [0.15, 0.2) is 6.10 Å². The van der Waals surface area contributed by atoms with Crippen molar-refractivity contribution in [1.29, 1.82) is 0 Å². The highest BCUT2D eigenvalue weighted by atomic mass is 19.1. The lowest BCUT2D eigenvalue weighted by molar-refractivity contribution is -0.128. The van der Waals surface area contributed by atoms with E-state index in [4.69, 9.17) is 4.74 Å². The van der Waals surface area contributed by atoms with Crippen molar-refractivity contribution >= 4 is 23.4 Å². The fourth-order valence-electron chi connectivity index (χ4n) is 2.86. The highest BCUT2D eigenvalue weighted by Crippen LogP contribution is 2.25. The van der Waals surface area contributed by atoms with E-state index in [9.17, 15) is 18.8 Å². The van der Waals surface area contributed by atoms with Crippen LogP contribution in [0.5, 0.6) is 5.75 Å². The van der Waals surface area contributed by atoms with Crippen LogP contribution in [0, 0.1) is 5.82 Å². The molecule has 0 spiro atoms. The van der Waals surface area contributed by atoms with E-state index in [1.165, 1.54) is 31.2 Å². The molecule has 3 rings (SSSR count). The predicted octanol–water partition coefficient (Wildman–Crippen LogP) is 2.18. The van der Waals surface area contributed by atoms with Gasteiger partial charge in [-0.1, -0.05) is 12.1 Å². The lowest BCUT2D eigenvalue weighted by atomic mass is 10.1. The van der Waals surface area contributed by atoms with Crippen LogP contribution in [-0.2, 0) is 9.59 Å². The molecule has 0 aromatic heterocycles. The Morgan fingerprint density at radius 2 is 1.82 bits per heavy atom. The first-order valence-electron chi connectivity index (χ1n) is 8.87. The smallest absolute Gasteiger partial charge is 0.279 e. The Morgan fingerprint density at radius 3 is 2.50 bits per heavy atom. The molecule has 2 aromatic carbocycles. The SMILES string of the molecule is C[C@@H](Oc1ccc(F)cc1)C(=O)NNC(=O)c1ccccc1N1CCCC1=O. The maximum absolute atomic E-state index is 12.9. The van der Waals surface area contributed by atoms with Crippen molar-refractivity contribution in [1.82, 2.24) is 10.9 Å². The van der Waals surface area contributed by atoms with Crippen LogP contribution in [0.15, 0.2) is 48.5 Å². The number of anilines is 1. The molecule has 0 unspecified atom stereocenters. The van der Waals surface area contributed by atoms with E-state index in [1.54, 1.807) is 29.2 Å². The average molecular weight is 385 g/mol. The molecule has 1 heterocycles. The molecule has 1 aliphatic rings. The standard InChI is InChI=1S/C20H20FN3O4/c1-13(28-15-10-8-14(21)9-11-15)19(26)22-23-20(27)16-5-2-3-6-17(16)24-12-4-7-18(24)25/h2-3,5-6,8-11,13H,4,7,12H2,1H3,(H,22,26)(H,23,27)/t13-/m1/s1. The van der Waals surface area contributed by atoms with E-state index in [-0.39, 0.29) is 11.5 Å². The Bertz CT molecular complexity index is 885. The molecule has 0 aliphatic carbocycles. The van der Waals surface area contributed by atoms with Gasteiger partial charge in [0, 0.05) is 13.0 Å². The maximum Gasteiger partial charge on any atom is 0.279 e. The van der Waals surface area contributed by atoms with Gasteiger partial charge in [-0.15, -0.1) is 0 Å². The molecule has 2 aromatic rings. The molecular weight excluding hydrogens is 365 g/mol. The van der Waals surface area contributed by atoms with Gasteiger partial charge < -0.3 is 9.64 Å². The van der Waals surface area contributed by atoms with Gasteiger partial charge in [0.25, 0.3) is 11.8 Å². The summed E-state index contributed by atoms with van der Waals surface area (Å²) in [5, 5.41) is 0. The minimum Gasteiger partial charge on any atom is -0.481 e. The van der Waals surface area contributed by atoms with Crippen molar-refractivity contribution in [3.05, 3.63) is 59.9 Å². The summed E-state index contributed by atoms with van der Waals surface area (Å²) in [5.74, 6) is -1.24. The zero-order valence-electron chi connectivity index (χ0n) is 15.3. The highest BCUT2D eigenvalue weighted by molar-refractivity contribution is 6.05. The van der Waals surface area contributed by atoms with Crippen LogP contribution in [0.25, 0.3) is 0 Å². The number of carbonyl (C=O) groups excluding carboxylic acids is 3.